The molecule has 120 valence electrons. The molecule has 2 N–H and O–H groups in total. The lowest BCUT2D eigenvalue weighted by molar-refractivity contribution is -0.0346. The number of nitrogens with one attached hydrogen (secondary N) is 2. The van der Waals surface area contributed by atoms with Crippen LogP contribution in [-0.4, -0.2) is 75.6 Å². The fourth-order valence-electron chi connectivity index (χ4n) is 2.21. The molecule has 0 aromatic heterocycles. The van der Waals surface area contributed by atoms with Crippen molar-refractivity contribution in [1.82, 2.24) is 15.5 Å². The standard InChI is InChI=1S/C15H33N3O2/c1-5-16-12-14-13-18(8-11-20-14)7-10-19-9-6-17-15(2,3)4/h14,16-17H,5-13H2,1-4H3. The van der Waals surface area contributed by atoms with Crippen LogP contribution in [-0.2, 0) is 9.47 Å². The first-order chi connectivity index (χ1) is 9.51. The van der Waals surface area contributed by atoms with Crippen molar-refractivity contribution in [2.45, 2.75) is 39.3 Å². The van der Waals surface area contributed by atoms with Gasteiger partial charge in [-0.2, -0.15) is 0 Å². The molecule has 0 aromatic carbocycles. The van der Waals surface area contributed by atoms with Crippen molar-refractivity contribution in [2.75, 3.05) is 59.1 Å². The first kappa shape index (κ1) is 17.9. The first-order valence-electron chi connectivity index (χ1n) is 7.88. The SMILES string of the molecule is CCNCC1CN(CCOCCNC(C)(C)C)CCO1. The van der Waals surface area contributed by atoms with E-state index in [4.69, 9.17) is 9.47 Å². The molecule has 0 bridgehead atoms. The molecule has 0 spiro atoms. The van der Waals surface area contributed by atoms with Crippen molar-refractivity contribution in [2.24, 2.45) is 0 Å². The Balaban J connectivity index is 2.01. The number of nitrogens with zero attached hydrogens (tertiary/aromatic N) is 1. The van der Waals surface area contributed by atoms with Crippen LogP contribution in [0.1, 0.15) is 27.7 Å². The summed E-state index contributed by atoms with van der Waals surface area (Å²) < 4.78 is 11.4. The molecular formula is C15H33N3O2. The summed E-state index contributed by atoms with van der Waals surface area (Å²) in [5, 5.41) is 6.77. The van der Waals surface area contributed by atoms with Gasteiger partial charge in [0.15, 0.2) is 0 Å². The highest BCUT2D eigenvalue weighted by molar-refractivity contribution is 4.73. The van der Waals surface area contributed by atoms with Crippen molar-refractivity contribution in [3.63, 3.8) is 0 Å². The fourth-order valence-corrected chi connectivity index (χ4v) is 2.21. The molecule has 1 aliphatic rings. The van der Waals surface area contributed by atoms with Gasteiger partial charge in [-0.25, -0.2) is 0 Å². The Bertz CT molecular complexity index is 244. The lowest BCUT2D eigenvalue weighted by atomic mass is 10.1. The van der Waals surface area contributed by atoms with Crippen LogP contribution in [0.3, 0.4) is 0 Å². The molecule has 0 aromatic rings. The van der Waals surface area contributed by atoms with Gasteiger partial charge in [0.1, 0.15) is 0 Å². The van der Waals surface area contributed by atoms with E-state index in [1.807, 2.05) is 0 Å². The van der Waals surface area contributed by atoms with E-state index in [1.165, 1.54) is 0 Å². The summed E-state index contributed by atoms with van der Waals surface area (Å²) in [5.74, 6) is 0. The van der Waals surface area contributed by atoms with E-state index in [9.17, 15) is 0 Å². The van der Waals surface area contributed by atoms with E-state index in [0.717, 1.165) is 59.1 Å². The first-order valence-corrected chi connectivity index (χ1v) is 7.88. The third-order valence-electron chi connectivity index (χ3n) is 3.30. The lowest BCUT2D eigenvalue weighted by Gasteiger charge is -2.32. The minimum Gasteiger partial charge on any atom is -0.379 e. The number of ether oxygens (including phenoxy) is 2. The maximum absolute atomic E-state index is 5.74. The van der Waals surface area contributed by atoms with Gasteiger partial charge in [0.25, 0.3) is 0 Å². The van der Waals surface area contributed by atoms with Crippen LogP contribution >= 0.6 is 0 Å². The molecule has 5 nitrogen and oxygen atoms in total. The highest BCUT2D eigenvalue weighted by Crippen LogP contribution is 2.04. The highest BCUT2D eigenvalue weighted by Gasteiger charge is 2.19. The minimum atomic E-state index is 0.174. The fraction of sp³-hybridized carbons (Fsp3) is 1.00. The largest absolute Gasteiger partial charge is 0.379 e. The quantitative estimate of drug-likeness (QED) is 0.611. The minimum absolute atomic E-state index is 0.174. The average molecular weight is 287 g/mol. The van der Waals surface area contributed by atoms with Gasteiger partial charge >= 0.3 is 0 Å². The van der Waals surface area contributed by atoms with Crippen molar-refractivity contribution >= 4 is 0 Å². The van der Waals surface area contributed by atoms with Gasteiger partial charge < -0.3 is 20.1 Å². The van der Waals surface area contributed by atoms with Crippen LogP contribution < -0.4 is 10.6 Å². The van der Waals surface area contributed by atoms with Crippen LogP contribution in [0.25, 0.3) is 0 Å². The van der Waals surface area contributed by atoms with Crippen LogP contribution in [0.2, 0.25) is 0 Å². The summed E-state index contributed by atoms with van der Waals surface area (Å²) in [6.45, 7) is 17.0. The molecule has 1 saturated heterocycles. The van der Waals surface area contributed by atoms with E-state index >= 15 is 0 Å². The van der Waals surface area contributed by atoms with Crippen molar-refractivity contribution in [3.8, 4) is 0 Å². The summed E-state index contributed by atoms with van der Waals surface area (Å²) in [6, 6.07) is 0. The van der Waals surface area contributed by atoms with Crippen LogP contribution in [0.4, 0.5) is 0 Å². The predicted molar refractivity (Wildman–Crippen MR) is 83.3 cm³/mol. The number of morpholine rings is 1. The second kappa shape index (κ2) is 9.68. The van der Waals surface area contributed by atoms with Gasteiger partial charge in [-0.3, -0.25) is 4.90 Å². The summed E-state index contributed by atoms with van der Waals surface area (Å²) in [6.07, 6.45) is 0.325. The second-order valence-electron chi connectivity index (χ2n) is 6.39. The third-order valence-corrected chi connectivity index (χ3v) is 3.30. The number of likely N-dealkylation sites (N-methyl/N-ethyl adjacent to an activating group) is 1. The van der Waals surface area contributed by atoms with Gasteiger partial charge in [-0.1, -0.05) is 6.92 Å². The summed E-state index contributed by atoms with van der Waals surface area (Å²) in [5.41, 5.74) is 0.174. The lowest BCUT2D eigenvalue weighted by Crippen LogP contribution is -2.47. The van der Waals surface area contributed by atoms with Crippen LogP contribution in [0, 0.1) is 0 Å². The normalized spacial score (nSPS) is 21.3. The predicted octanol–water partition coefficient (Wildman–Crippen LogP) is 0.701. The molecule has 5 heteroatoms. The summed E-state index contributed by atoms with van der Waals surface area (Å²) >= 11 is 0. The average Bonchev–Trinajstić information content (AvgIpc) is 2.40. The van der Waals surface area contributed by atoms with Gasteiger partial charge in [-0.15, -0.1) is 0 Å². The Labute approximate surface area is 124 Å². The van der Waals surface area contributed by atoms with Gasteiger partial charge in [0.2, 0.25) is 0 Å². The monoisotopic (exact) mass is 287 g/mol. The van der Waals surface area contributed by atoms with E-state index in [0.29, 0.717) is 6.10 Å². The zero-order valence-corrected chi connectivity index (χ0v) is 13.7. The van der Waals surface area contributed by atoms with E-state index in [2.05, 4.69) is 43.2 Å². The van der Waals surface area contributed by atoms with Gasteiger partial charge in [0, 0.05) is 38.3 Å². The maximum atomic E-state index is 5.74. The Morgan fingerprint density at radius 1 is 1.30 bits per heavy atom. The van der Waals surface area contributed by atoms with Crippen LogP contribution in [0.5, 0.6) is 0 Å². The topological polar surface area (TPSA) is 45.8 Å². The maximum Gasteiger partial charge on any atom is 0.0826 e. The molecule has 20 heavy (non-hydrogen) atoms. The van der Waals surface area contributed by atoms with Gasteiger partial charge in [-0.05, 0) is 27.3 Å². The molecule has 0 saturated carbocycles. The Kier molecular flexibility index (Phi) is 8.64. The summed E-state index contributed by atoms with van der Waals surface area (Å²) in [7, 11) is 0. The van der Waals surface area contributed by atoms with E-state index < -0.39 is 0 Å². The number of hydrogen-bond donors (Lipinski definition) is 2. The second-order valence-corrected chi connectivity index (χ2v) is 6.39. The molecule has 1 aliphatic heterocycles. The zero-order chi connectivity index (χ0) is 14.8. The summed E-state index contributed by atoms with van der Waals surface area (Å²) in [4.78, 5) is 2.43. The molecule has 1 fully saturated rings. The van der Waals surface area contributed by atoms with E-state index in [-0.39, 0.29) is 5.54 Å². The van der Waals surface area contributed by atoms with Crippen molar-refractivity contribution in [3.05, 3.63) is 0 Å². The third kappa shape index (κ3) is 8.87. The Morgan fingerprint density at radius 2 is 2.10 bits per heavy atom. The molecule has 0 amide bonds. The molecule has 1 heterocycles. The smallest absolute Gasteiger partial charge is 0.0826 e. The van der Waals surface area contributed by atoms with Crippen LogP contribution in [0.15, 0.2) is 0 Å². The number of hydrogen-bond acceptors (Lipinski definition) is 5. The van der Waals surface area contributed by atoms with Crippen molar-refractivity contribution < 1.29 is 9.47 Å². The van der Waals surface area contributed by atoms with E-state index in [1.54, 1.807) is 0 Å². The molecule has 1 unspecified atom stereocenters. The molecule has 1 rings (SSSR count). The molecular weight excluding hydrogens is 254 g/mol. The van der Waals surface area contributed by atoms with Gasteiger partial charge in [0.05, 0.1) is 25.9 Å². The zero-order valence-electron chi connectivity index (χ0n) is 13.7. The molecule has 0 aliphatic carbocycles. The molecule has 0 radical (unpaired) electrons. The highest BCUT2D eigenvalue weighted by atomic mass is 16.5. The Morgan fingerprint density at radius 3 is 2.80 bits per heavy atom. The number of rotatable bonds is 9. The Hall–Kier alpha value is -0.200. The molecule has 1 atom stereocenters. The van der Waals surface area contributed by atoms with Crippen molar-refractivity contribution in [1.29, 1.82) is 0 Å².